The molecule has 0 saturated carbocycles. The van der Waals surface area contributed by atoms with Crippen molar-refractivity contribution in [3.05, 3.63) is 35.9 Å². The summed E-state index contributed by atoms with van der Waals surface area (Å²) in [5, 5.41) is 4.75. The van der Waals surface area contributed by atoms with E-state index in [1.54, 1.807) is 0 Å². The minimum atomic E-state index is -0.230. The van der Waals surface area contributed by atoms with Crippen molar-refractivity contribution < 1.29 is 9.59 Å². The number of hydrogen-bond donors (Lipinski definition) is 4. The predicted molar refractivity (Wildman–Crippen MR) is 115 cm³/mol. The van der Waals surface area contributed by atoms with E-state index >= 15 is 0 Å². The molecular weight excluding hydrogens is 352 g/mol. The van der Waals surface area contributed by atoms with Gasteiger partial charge in [0.15, 0.2) is 0 Å². The molecular formula is C19H34N2O2S2. The van der Waals surface area contributed by atoms with Crippen molar-refractivity contribution in [3.8, 4) is 0 Å². The van der Waals surface area contributed by atoms with E-state index in [1.165, 1.54) is 31.2 Å². The number of thiol groups is 2. The lowest BCUT2D eigenvalue weighted by molar-refractivity contribution is 0.260. The normalized spacial score (nSPS) is 9.00. The van der Waals surface area contributed by atoms with E-state index in [0.29, 0.717) is 0 Å². The molecule has 0 radical (unpaired) electrons. The van der Waals surface area contributed by atoms with Gasteiger partial charge in [0.25, 0.3) is 10.5 Å². The Morgan fingerprint density at radius 1 is 0.800 bits per heavy atom. The van der Waals surface area contributed by atoms with E-state index in [0.717, 1.165) is 25.9 Å². The predicted octanol–water partition coefficient (Wildman–Crippen LogP) is 5.63. The van der Waals surface area contributed by atoms with Crippen molar-refractivity contribution in [3.63, 3.8) is 0 Å². The Bertz CT molecular complexity index is 407. The van der Waals surface area contributed by atoms with Gasteiger partial charge in [-0.2, -0.15) is 0 Å². The molecule has 0 aliphatic carbocycles. The highest BCUT2D eigenvalue weighted by molar-refractivity contribution is 7.96. The second-order valence-corrected chi connectivity index (χ2v) is 6.35. The molecule has 2 amide bonds. The number of benzene rings is 1. The molecule has 0 atom stereocenters. The molecule has 1 rings (SSSR count). The standard InChI is InChI=1S/C7H8.2C6H13NOS/c1-7-5-3-2-4-6-7;2*1-2-3-4-5-7-6(8)9/h2-6H,1H3;2*2-5H2,1H3,(H2,7,8,9). The van der Waals surface area contributed by atoms with Gasteiger partial charge in [-0.15, -0.1) is 0 Å². The van der Waals surface area contributed by atoms with Crippen LogP contribution in [0.1, 0.15) is 57.9 Å². The Balaban J connectivity index is 0. The summed E-state index contributed by atoms with van der Waals surface area (Å²) in [7, 11) is 0. The van der Waals surface area contributed by atoms with Gasteiger partial charge >= 0.3 is 0 Å². The molecule has 25 heavy (non-hydrogen) atoms. The molecule has 0 aliphatic heterocycles. The molecule has 1 aromatic rings. The fraction of sp³-hybridized carbons (Fsp3) is 0.579. The van der Waals surface area contributed by atoms with Crippen LogP contribution in [0.25, 0.3) is 0 Å². The minimum absolute atomic E-state index is 0.230. The van der Waals surface area contributed by atoms with Gasteiger partial charge < -0.3 is 10.6 Å². The number of carbonyl (C=O) groups excluding carboxylic acids is 2. The smallest absolute Gasteiger partial charge is 0.275 e. The van der Waals surface area contributed by atoms with Crippen LogP contribution in [-0.2, 0) is 0 Å². The van der Waals surface area contributed by atoms with Crippen molar-refractivity contribution in [2.75, 3.05) is 13.1 Å². The number of amides is 2. The van der Waals surface area contributed by atoms with Crippen molar-refractivity contribution in [2.24, 2.45) is 0 Å². The van der Waals surface area contributed by atoms with E-state index in [4.69, 9.17) is 0 Å². The quantitative estimate of drug-likeness (QED) is 0.346. The highest BCUT2D eigenvalue weighted by atomic mass is 32.1. The van der Waals surface area contributed by atoms with Gasteiger partial charge in [0.2, 0.25) is 0 Å². The second kappa shape index (κ2) is 20.9. The number of carbonyl (C=O) groups is 2. The van der Waals surface area contributed by atoms with E-state index in [9.17, 15) is 9.59 Å². The monoisotopic (exact) mass is 386 g/mol. The number of aryl methyl sites for hydroxylation is 1. The Hall–Kier alpha value is -1.14. The first-order valence-electron chi connectivity index (χ1n) is 8.89. The Labute approximate surface area is 164 Å². The van der Waals surface area contributed by atoms with Crippen LogP contribution in [0, 0.1) is 6.92 Å². The molecule has 6 heteroatoms. The van der Waals surface area contributed by atoms with E-state index in [2.05, 4.69) is 68.8 Å². The molecule has 0 aliphatic rings. The first-order chi connectivity index (χ1) is 11.9. The lowest BCUT2D eigenvalue weighted by atomic mass is 10.2. The summed E-state index contributed by atoms with van der Waals surface area (Å²) in [5.74, 6) is 0. The number of hydrogen-bond acceptors (Lipinski definition) is 2. The maximum absolute atomic E-state index is 10.2. The Kier molecular flexibility index (Phi) is 21.8. The van der Waals surface area contributed by atoms with Crippen molar-refractivity contribution >= 4 is 35.7 Å². The van der Waals surface area contributed by atoms with E-state index in [-0.39, 0.29) is 10.5 Å². The fourth-order valence-electron chi connectivity index (χ4n) is 1.68. The lowest BCUT2D eigenvalue weighted by Crippen LogP contribution is -2.17. The van der Waals surface area contributed by atoms with Crippen LogP contribution in [-0.4, -0.2) is 23.6 Å². The molecule has 0 heterocycles. The van der Waals surface area contributed by atoms with Gasteiger partial charge in [0.05, 0.1) is 0 Å². The third-order valence-electron chi connectivity index (χ3n) is 3.05. The highest BCUT2D eigenvalue weighted by Crippen LogP contribution is 1.93. The third-order valence-corrected chi connectivity index (χ3v) is 3.37. The largest absolute Gasteiger partial charge is 0.347 e. The van der Waals surface area contributed by atoms with Crippen molar-refractivity contribution in [1.82, 2.24) is 10.6 Å². The van der Waals surface area contributed by atoms with Crippen LogP contribution in [0.4, 0.5) is 9.59 Å². The first-order valence-corrected chi connectivity index (χ1v) is 9.78. The maximum atomic E-state index is 10.2. The summed E-state index contributed by atoms with van der Waals surface area (Å²) >= 11 is 7.10. The average Bonchev–Trinajstić information content (AvgIpc) is 2.57. The summed E-state index contributed by atoms with van der Waals surface area (Å²) in [6.07, 6.45) is 6.83. The highest BCUT2D eigenvalue weighted by Gasteiger charge is 1.89. The first kappa shape index (κ1) is 26.1. The van der Waals surface area contributed by atoms with Gasteiger partial charge in [0.1, 0.15) is 0 Å². The summed E-state index contributed by atoms with van der Waals surface area (Å²) in [6.45, 7) is 7.86. The third kappa shape index (κ3) is 28.0. The van der Waals surface area contributed by atoms with E-state index < -0.39 is 0 Å². The molecule has 0 saturated heterocycles. The van der Waals surface area contributed by atoms with Gasteiger partial charge in [0, 0.05) is 13.1 Å². The SMILES string of the molecule is CCCCCNC(=O)S.CCCCCNC(=O)S.Cc1ccccc1. The molecule has 0 unspecified atom stereocenters. The van der Waals surface area contributed by atoms with Gasteiger partial charge in [-0.1, -0.05) is 101 Å². The maximum Gasteiger partial charge on any atom is 0.275 e. The van der Waals surface area contributed by atoms with Crippen LogP contribution in [0.5, 0.6) is 0 Å². The molecule has 0 aromatic heterocycles. The molecule has 0 fully saturated rings. The molecule has 2 N–H and O–H groups in total. The Morgan fingerprint density at radius 3 is 1.44 bits per heavy atom. The molecule has 1 aromatic carbocycles. The average molecular weight is 387 g/mol. The summed E-state index contributed by atoms with van der Waals surface area (Å²) in [5.41, 5.74) is 1.32. The van der Waals surface area contributed by atoms with Gasteiger partial charge in [-0.25, -0.2) is 0 Å². The van der Waals surface area contributed by atoms with Crippen LogP contribution in [0.2, 0.25) is 0 Å². The van der Waals surface area contributed by atoms with Gasteiger partial charge in [-0.05, 0) is 19.8 Å². The van der Waals surface area contributed by atoms with Crippen LogP contribution in [0.15, 0.2) is 30.3 Å². The van der Waals surface area contributed by atoms with Gasteiger partial charge in [-0.3, -0.25) is 9.59 Å². The molecule has 144 valence electrons. The zero-order chi connectivity index (χ0) is 19.3. The number of nitrogens with one attached hydrogen (secondary N) is 2. The zero-order valence-electron chi connectivity index (χ0n) is 15.8. The summed E-state index contributed by atoms with van der Waals surface area (Å²) in [4.78, 5) is 20.3. The summed E-state index contributed by atoms with van der Waals surface area (Å²) in [6, 6.07) is 10.3. The summed E-state index contributed by atoms with van der Waals surface area (Å²) < 4.78 is 0. The van der Waals surface area contributed by atoms with Crippen molar-refractivity contribution in [1.29, 1.82) is 0 Å². The molecule has 0 spiro atoms. The molecule has 0 bridgehead atoms. The van der Waals surface area contributed by atoms with Crippen LogP contribution < -0.4 is 10.6 Å². The van der Waals surface area contributed by atoms with Crippen LogP contribution in [0.3, 0.4) is 0 Å². The van der Waals surface area contributed by atoms with Crippen LogP contribution >= 0.6 is 25.3 Å². The fourth-order valence-corrected chi connectivity index (χ4v) is 1.90. The lowest BCUT2D eigenvalue weighted by Gasteiger charge is -1.97. The second-order valence-electron chi connectivity index (χ2n) is 5.53. The topological polar surface area (TPSA) is 58.2 Å². The van der Waals surface area contributed by atoms with Crippen molar-refractivity contribution in [2.45, 2.75) is 59.3 Å². The zero-order valence-corrected chi connectivity index (χ0v) is 17.5. The molecule has 4 nitrogen and oxygen atoms in total. The minimum Gasteiger partial charge on any atom is -0.347 e. The number of unbranched alkanes of at least 4 members (excludes halogenated alkanes) is 4. The van der Waals surface area contributed by atoms with E-state index in [1.807, 2.05) is 18.2 Å². The Morgan fingerprint density at radius 2 is 1.20 bits per heavy atom. The number of rotatable bonds is 8.